The van der Waals surface area contributed by atoms with Crippen molar-refractivity contribution in [2.24, 2.45) is 0 Å². The largest absolute Gasteiger partial charge is 0.276 e. The normalized spacial score (nSPS) is 9.00. The van der Waals surface area contributed by atoms with E-state index in [2.05, 4.69) is 17.3 Å². The van der Waals surface area contributed by atoms with Crippen molar-refractivity contribution in [2.75, 3.05) is 0 Å². The Balaban J connectivity index is 3.30. The molecule has 8 heavy (non-hydrogen) atoms. The van der Waals surface area contributed by atoms with Crippen LogP contribution in [0.1, 0.15) is 0 Å². The highest BCUT2D eigenvalue weighted by atomic mass is 32.1. The van der Waals surface area contributed by atoms with Crippen molar-refractivity contribution >= 4 is 30.0 Å². The standard InChI is InChI=1S/C3H2N2OS2/c6-2-5-3(7)8-1-4-5/h1-2H. The lowest BCUT2D eigenvalue weighted by atomic mass is 11.2. The van der Waals surface area contributed by atoms with E-state index in [-0.39, 0.29) is 0 Å². The topological polar surface area (TPSA) is 34.9 Å². The summed E-state index contributed by atoms with van der Waals surface area (Å²) < 4.78 is 1.60. The van der Waals surface area contributed by atoms with Crippen LogP contribution in [0.2, 0.25) is 0 Å². The van der Waals surface area contributed by atoms with Gasteiger partial charge in [0, 0.05) is 0 Å². The lowest BCUT2D eigenvalue weighted by Crippen LogP contribution is -1.94. The van der Waals surface area contributed by atoms with Crippen molar-refractivity contribution in [3.8, 4) is 0 Å². The number of carbonyl (C=O) groups is 1. The van der Waals surface area contributed by atoms with Gasteiger partial charge < -0.3 is 0 Å². The van der Waals surface area contributed by atoms with Gasteiger partial charge in [0.25, 0.3) is 0 Å². The molecule has 0 saturated heterocycles. The average molecular weight is 146 g/mol. The molecule has 0 spiro atoms. The smallest absolute Gasteiger partial charge is 0.236 e. The van der Waals surface area contributed by atoms with Gasteiger partial charge in [-0.05, 0) is 12.2 Å². The maximum absolute atomic E-state index is 9.93. The van der Waals surface area contributed by atoms with Gasteiger partial charge in [-0.1, -0.05) is 11.3 Å². The van der Waals surface area contributed by atoms with Crippen LogP contribution in [0.4, 0.5) is 0 Å². The second-order valence-corrected chi connectivity index (χ2v) is 2.53. The molecule has 0 amide bonds. The van der Waals surface area contributed by atoms with Gasteiger partial charge in [0.2, 0.25) is 6.41 Å². The molecule has 0 fully saturated rings. The molecular weight excluding hydrogens is 144 g/mol. The maximum atomic E-state index is 9.93. The van der Waals surface area contributed by atoms with Gasteiger partial charge >= 0.3 is 0 Å². The van der Waals surface area contributed by atoms with E-state index in [0.29, 0.717) is 10.4 Å². The molecule has 0 aliphatic heterocycles. The second kappa shape index (κ2) is 2.15. The van der Waals surface area contributed by atoms with Crippen LogP contribution in [0.3, 0.4) is 0 Å². The third kappa shape index (κ3) is 0.823. The Morgan fingerprint density at radius 2 is 2.75 bits per heavy atom. The summed E-state index contributed by atoms with van der Waals surface area (Å²) in [7, 11) is 0. The van der Waals surface area contributed by atoms with Gasteiger partial charge in [-0.25, -0.2) is 0 Å². The van der Waals surface area contributed by atoms with E-state index in [1.807, 2.05) is 0 Å². The molecule has 1 aromatic heterocycles. The average Bonchev–Trinajstić information content (AvgIpc) is 2.14. The predicted octanol–water partition coefficient (Wildman–Crippen LogP) is 0.712. The fourth-order valence-corrected chi connectivity index (χ4v) is 0.947. The van der Waals surface area contributed by atoms with Crippen molar-refractivity contribution in [2.45, 2.75) is 0 Å². The summed E-state index contributed by atoms with van der Waals surface area (Å²) in [4.78, 5) is 9.93. The van der Waals surface area contributed by atoms with Crippen LogP contribution < -0.4 is 0 Å². The molecule has 0 unspecified atom stereocenters. The van der Waals surface area contributed by atoms with Gasteiger partial charge in [0.1, 0.15) is 5.51 Å². The fraction of sp³-hybridized carbons (Fsp3) is 0. The fourth-order valence-electron chi connectivity index (χ4n) is 0.291. The van der Waals surface area contributed by atoms with Gasteiger partial charge in [-0.2, -0.15) is 9.78 Å². The highest BCUT2D eigenvalue weighted by Gasteiger charge is 1.86. The Hall–Kier alpha value is -0.550. The number of rotatable bonds is 1. The lowest BCUT2D eigenvalue weighted by molar-refractivity contribution is 0.540. The summed E-state index contributed by atoms with van der Waals surface area (Å²) >= 11 is 5.94. The summed E-state index contributed by atoms with van der Waals surface area (Å²) in [5.74, 6) is 0. The highest BCUT2D eigenvalue weighted by molar-refractivity contribution is 7.73. The zero-order chi connectivity index (χ0) is 5.98. The third-order valence-corrected chi connectivity index (χ3v) is 1.68. The molecule has 0 saturated carbocycles. The Morgan fingerprint density at radius 1 is 2.00 bits per heavy atom. The molecule has 3 nitrogen and oxygen atoms in total. The summed E-state index contributed by atoms with van der Waals surface area (Å²) in [5, 5.41) is 3.60. The number of carbonyl (C=O) groups excluding carboxylic acids is 1. The summed E-state index contributed by atoms with van der Waals surface area (Å²) in [5.41, 5.74) is 1.52. The van der Waals surface area contributed by atoms with Crippen LogP contribution in [0.5, 0.6) is 0 Å². The van der Waals surface area contributed by atoms with Gasteiger partial charge in [-0.3, -0.25) is 4.79 Å². The molecule has 42 valence electrons. The maximum Gasteiger partial charge on any atom is 0.236 e. The first-order valence-electron chi connectivity index (χ1n) is 1.82. The number of nitrogens with zero attached hydrogens (tertiary/aromatic N) is 2. The molecule has 0 N–H and O–H groups in total. The van der Waals surface area contributed by atoms with Gasteiger partial charge in [-0.15, -0.1) is 0 Å². The van der Waals surface area contributed by atoms with Crippen LogP contribution in [0.25, 0.3) is 0 Å². The number of hydrogen-bond donors (Lipinski definition) is 0. The Bertz CT molecular complexity index is 237. The number of hydrogen-bond acceptors (Lipinski definition) is 4. The van der Waals surface area contributed by atoms with Crippen molar-refractivity contribution in [3.05, 3.63) is 9.46 Å². The summed E-state index contributed by atoms with van der Waals surface area (Å²) in [6, 6.07) is 0. The molecule has 0 aromatic carbocycles. The quantitative estimate of drug-likeness (QED) is 0.432. The lowest BCUT2D eigenvalue weighted by Gasteiger charge is -1.76. The van der Waals surface area contributed by atoms with Crippen LogP contribution in [-0.4, -0.2) is 16.2 Å². The first kappa shape index (κ1) is 5.58. The zero-order valence-corrected chi connectivity index (χ0v) is 5.41. The van der Waals surface area contributed by atoms with Crippen molar-refractivity contribution in [1.82, 2.24) is 9.78 Å². The van der Waals surface area contributed by atoms with Crippen molar-refractivity contribution in [3.63, 3.8) is 0 Å². The Morgan fingerprint density at radius 3 is 3.00 bits per heavy atom. The summed E-state index contributed by atoms with van der Waals surface area (Å²) in [6.07, 6.45) is 0.582. The van der Waals surface area contributed by atoms with E-state index in [1.165, 1.54) is 16.8 Å². The van der Waals surface area contributed by atoms with E-state index in [9.17, 15) is 4.79 Å². The molecule has 0 bridgehead atoms. The van der Waals surface area contributed by atoms with E-state index in [4.69, 9.17) is 0 Å². The first-order valence-corrected chi connectivity index (χ1v) is 3.11. The third-order valence-electron chi connectivity index (χ3n) is 0.612. The van der Waals surface area contributed by atoms with E-state index in [1.54, 1.807) is 0 Å². The molecule has 1 heterocycles. The molecule has 5 heteroatoms. The molecule has 0 aliphatic rings. The Kier molecular flexibility index (Phi) is 1.50. The molecular formula is C3H2N2OS2. The van der Waals surface area contributed by atoms with Gasteiger partial charge in [0.05, 0.1) is 0 Å². The zero-order valence-electron chi connectivity index (χ0n) is 3.77. The second-order valence-electron chi connectivity index (χ2n) is 1.05. The van der Waals surface area contributed by atoms with Crippen molar-refractivity contribution < 1.29 is 4.79 Å². The SMILES string of the molecule is O=Cn1ncsc1=S. The van der Waals surface area contributed by atoms with E-state index in [0.717, 1.165) is 4.68 Å². The molecule has 1 rings (SSSR count). The minimum absolute atomic E-state index is 0.486. The molecule has 1 aromatic rings. The van der Waals surface area contributed by atoms with Crippen molar-refractivity contribution in [1.29, 1.82) is 0 Å². The molecule has 0 atom stereocenters. The van der Waals surface area contributed by atoms with Crippen LogP contribution >= 0.6 is 23.6 Å². The summed E-state index contributed by atoms with van der Waals surface area (Å²) in [6.45, 7) is 0. The van der Waals surface area contributed by atoms with Crippen LogP contribution in [0, 0.1) is 3.95 Å². The first-order chi connectivity index (χ1) is 3.84. The van der Waals surface area contributed by atoms with Gasteiger partial charge in [0.15, 0.2) is 3.95 Å². The molecule has 0 radical (unpaired) electrons. The molecule has 0 aliphatic carbocycles. The Labute approximate surface area is 54.6 Å². The number of aromatic nitrogens is 2. The highest BCUT2D eigenvalue weighted by Crippen LogP contribution is 1.94. The van der Waals surface area contributed by atoms with E-state index >= 15 is 0 Å². The minimum Gasteiger partial charge on any atom is -0.276 e. The van der Waals surface area contributed by atoms with E-state index < -0.39 is 0 Å². The monoisotopic (exact) mass is 146 g/mol. The van der Waals surface area contributed by atoms with Crippen LogP contribution in [-0.2, 0) is 4.79 Å². The van der Waals surface area contributed by atoms with Crippen LogP contribution in [0.15, 0.2) is 5.51 Å². The predicted molar refractivity (Wildman–Crippen MR) is 33.1 cm³/mol. The minimum atomic E-state index is 0.486.